The largest absolute Gasteiger partial charge is 0.491 e. The predicted molar refractivity (Wildman–Crippen MR) is 102 cm³/mol. The second-order valence-electron chi connectivity index (χ2n) is 6.63. The van der Waals surface area contributed by atoms with Crippen LogP contribution in [0.25, 0.3) is 11.1 Å². The summed E-state index contributed by atoms with van der Waals surface area (Å²) < 4.78 is 11.3. The number of H-pyrrole nitrogens is 1. The number of ether oxygens (including phenoxy) is 2. The van der Waals surface area contributed by atoms with Crippen LogP contribution < -0.4 is 20.8 Å². The van der Waals surface area contributed by atoms with Gasteiger partial charge in [0.1, 0.15) is 28.4 Å². The molecule has 9 nitrogen and oxygen atoms in total. The third-order valence-corrected chi connectivity index (χ3v) is 3.58. The van der Waals surface area contributed by atoms with Crippen molar-refractivity contribution in [3.8, 4) is 22.6 Å². The normalized spacial score (nSPS) is 10.9. The summed E-state index contributed by atoms with van der Waals surface area (Å²) in [7, 11) is 0. The predicted octanol–water partition coefficient (Wildman–Crippen LogP) is 2.59. The maximum Gasteiger partial charge on any atom is 0.342 e. The van der Waals surface area contributed by atoms with Crippen LogP contribution in [0.3, 0.4) is 0 Å². The zero-order valence-electron chi connectivity index (χ0n) is 15.9. The van der Waals surface area contributed by atoms with Crippen LogP contribution >= 0.6 is 0 Å². The summed E-state index contributed by atoms with van der Waals surface area (Å²) in [6, 6.07) is 4.49. The molecule has 0 saturated heterocycles. The molecule has 2 aromatic rings. The van der Waals surface area contributed by atoms with Gasteiger partial charge >= 0.3 is 11.9 Å². The second kappa shape index (κ2) is 8.03. The van der Waals surface area contributed by atoms with Crippen molar-refractivity contribution in [1.82, 2.24) is 4.98 Å². The second-order valence-corrected chi connectivity index (χ2v) is 6.63. The Labute approximate surface area is 160 Å². The molecule has 28 heavy (non-hydrogen) atoms. The van der Waals surface area contributed by atoms with E-state index in [0.29, 0.717) is 11.5 Å². The first-order valence-electron chi connectivity index (χ1n) is 8.52. The van der Waals surface area contributed by atoms with Crippen molar-refractivity contribution in [3.63, 3.8) is 0 Å². The molecule has 0 atom stereocenters. The average molecular weight is 390 g/mol. The first-order valence-corrected chi connectivity index (χ1v) is 8.52. The number of hydrogen-bond acceptors (Lipinski definition) is 6. The molecule has 0 bridgehead atoms. The molecular weight excluding hydrogens is 368 g/mol. The maximum absolute atomic E-state index is 12.2. The highest BCUT2D eigenvalue weighted by molar-refractivity contribution is 6.07. The van der Waals surface area contributed by atoms with Crippen LogP contribution in [0.5, 0.6) is 11.5 Å². The Bertz CT molecular complexity index is 949. The number of benzene rings is 1. The number of nitrogens with two attached hydrogens (primary N) is 1. The standard InChI is InChI=1S/C19H22N2O7/c1-8(2)27-11-5-10(6-12(7-11)28-9(3)4)13-14(18(23)24)16(20)21-17(22)15(13)19(25)26/h5-9H,1-4H3,(H,23,24)(H,25,26)(H3,20,21,22). The summed E-state index contributed by atoms with van der Waals surface area (Å²) in [6.07, 6.45) is -0.409. The number of pyridine rings is 1. The van der Waals surface area contributed by atoms with Crippen molar-refractivity contribution in [2.45, 2.75) is 39.9 Å². The van der Waals surface area contributed by atoms with Crippen molar-refractivity contribution < 1.29 is 29.3 Å². The van der Waals surface area contributed by atoms with E-state index in [-0.39, 0.29) is 23.3 Å². The summed E-state index contributed by atoms with van der Waals surface area (Å²) in [5.41, 5.74) is 3.23. The molecule has 1 aromatic carbocycles. The molecule has 0 spiro atoms. The lowest BCUT2D eigenvalue weighted by atomic mass is 9.95. The lowest BCUT2D eigenvalue weighted by Gasteiger charge is -2.18. The number of aromatic carboxylic acids is 2. The van der Waals surface area contributed by atoms with E-state index in [1.165, 1.54) is 12.1 Å². The van der Waals surface area contributed by atoms with Gasteiger partial charge in [0.15, 0.2) is 0 Å². The molecule has 9 heteroatoms. The number of rotatable bonds is 7. The summed E-state index contributed by atoms with van der Waals surface area (Å²) in [6.45, 7) is 7.19. The van der Waals surface area contributed by atoms with Gasteiger partial charge in [0.05, 0.1) is 12.2 Å². The molecule has 1 aromatic heterocycles. The van der Waals surface area contributed by atoms with E-state index in [2.05, 4.69) is 4.98 Å². The molecule has 0 aliphatic heterocycles. The SMILES string of the molecule is CC(C)Oc1cc(OC(C)C)cc(-c2c(C(=O)O)c(N)[nH]c(=O)c2C(=O)O)c1. The smallest absolute Gasteiger partial charge is 0.342 e. The van der Waals surface area contributed by atoms with Crippen LogP contribution in [-0.2, 0) is 0 Å². The average Bonchev–Trinajstić information content (AvgIpc) is 2.51. The minimum atomic E-state index is -1.58. The number of hydrogen-bond donors (Lipinski definition) is 4. The Morgan fingerprint density at radius 3 is 1.79 bits per heavy atom. The van der Waals surface area contributed by atoms with Gasteiger partial charge in [-0.3, -0.25) is 4.79 Å². The Morgan fingerprint density at radius 2 is 1.39 bits per heavy atom. The fraction of sp³-hybridized carbons (Fsp3) is 0.316. The fourth-order valence-electron chi connectivity index (χ4n) is 2.73. The number of carboxylic acid groups (broad SMARTS) is 2. The molecule has 0 saturated carbocycles. The molecule has 0 amide bonds. The van der Waals surface area contributed by atoms with E-state index in [0.717, 1.165) is 0 Å². The van der Waals surface area contributed by atoms with Crippen LogP contribution in [0.1, 0.15) is 48.4 Å². The van der Waals surface area contributed by atoms with Gasteiger partial charge < -0.3 is 30.4 Å². The number of carboxylic acids is 2. The molecule has 150 valence electrons. The van der Waals surface area contributed by atoms with Gasteiger partial charge in [0.2, 0.25) is 0 Å². The van der Waals surface area contributed by atoms with E-state index in [1.54, 1.807) is 33.8 Å². The van der Waals surface area contributed by atoms with E-state index >= 15 is 0 Å². The Morgan fingerprint density at radius 1 is 0.929 bits per heavy atom. The van der Waals surface area contributed by atoms with Gasteiger partial charge in [-0.15, -0.1) is 0 Å². The van der Waals surface area contributed by atoms with Gasteiger partial charge in [-0.05, 0) is 45.4 Å². The molecule has 2 rings (SSSR count). The molecule has 0 unspecified atom stereocenters. The number of anilines is 1. The zero-order chi connectivity index (χ0) is 21.2. The highest BCUT2D eigenvalue weighted by Gasteiger charge is 2.27. The van der Waals surface area contributed by atoms with Crippen molar-refractivity contribution in [2.75, 3.05) is 5.73 Å². The van der Waals surface area contributed by atoms with E-state index < -0.39 is 34.4 Å². The fourth-order valence-corrected chi connectivity index (χ4v) is 2.73. The van der Waals surface area contributed by atoms with Crippen molar-refractivity contribution in [1.29, 1.82) is 0 Å². The van der Waals surface area contributed by atoms with Crippen LogP contribution in [-0.4, -0.2) is 39.3 Å². The minimum absolute atomic E-state index is 0.126. The number of carbonyl (C=O) groups is 2. The lowest BCUT2D eigenvalue weighted by Crippen LogP contribution is -2.24. The highest BCUT2D eigenvalue weighted by atomic mass is 16.5. The summed E-state index contributed by atoms with van der Waals surface area (Å²) in [5.74, 6) is -2.85. The van der Waals surface area contributed by atoms with Crippen molar-refractivity contribution >= 4 is 17.8 Å². The first-order chi connectivity index (χ1) is 13.0. The molecule has 0 aliphatic rings. The van der Waals surface area contributed by atoms with E-state index in [1.807, 2.05) is 0 Å². The van der Waals surface area contributed by atoms with Crippen LogP contribution in [0.2, 0.25) is 0 Å². The molecular formula is C19H22N2O7. The number of nitrogen functional groups attached to an aromatic ring is 1. The number of aromatic nitrogens is 1. The van der Waals surface area contributed by atoms with Gasteiger partial charge in [-0.25, -0.2) is 9.59 Å². The van der Waals surface area contributed by atoms with E-state index in [9.17, 15) is 24.6 Å². The molecule has 0 aliphatic carbocycles. The molecule has 5 N–H and O–H groups in total. The van der Waals surface area contributed by atoms with Gasteiger partial charge in [-0.2, -0.15) is 0 Å². The highest BCUT2D eigenvalue weighted by Crippen LogP contribution is 2.35. The third kappa shape index (κ3) is 4.43. The third-order valence-electron chi connectivity index (χ3n) is 3.58. The zero-order valence-corrected chi connectivity index (χ0v) is 15.9. The Kier molecular flexibility index (Phi) is 5.97. The van der Waals surface area contributed by atoms with Gasteiger partial charge in [-0.1, -0.05) is 0 Å². The Balaban J connectivity index is 2.90. The topological polar surface area (TPSA) is 152 Å². The van der Waals surface area contributed by atoms with Crippen LogP contribution in [0, 0.1) is 0 Å². The minimum Gasteiger partial charge on any atom is -0.491 e. The first kappa shape index (κ1) is 20.8. The molecule has 1 heterocycles. The molecule has 0 radical (unpaired) electrons. The molecule has 0 fully saturated rings. The van der Waals surface area contributed by atoms with Crippen molar-refractivity contribution in [3.05, 3.63) is 39.7 Å². The Hall–Kier alpha value is -3.49. The number of nitrogens with one attached hydrogen (secondary N) is 1. The summed E-state index contributed by atoms with van der Waals surface area (Å²) in [4.78, 5) is 37.8. The van der Waals surface area contributed by atoms with Gasteiger partial charge in [0, 0.05) is 11.6 Å². The number of aromatic amines is 1. The summed E-state index contributed by atoms with van der Waals surface area (Å²) >= 11 is 0. The van der Waals surface area contributed by atoms with E-state index in [4.69, 9.17) is 15.2 Å². The monoisotopic (exact) mass is 390 g/mol. The maximum atomic E-state index is 12.2. The van der Waals surface area contributed by atoms with Crippen LogP contribution in [0.15, 0.2) is 23.0 Å². The van der Waals surface area contributed by atoms with Crippen LogP contribution in [0.4, 0.5) is 5.82 Å². The lowest BCUT2D eigenvalue weighted by molar-refractivity contribution is 0.0695. The van der Waals surface area contributed by atoms with Gasteiger partial charge in [0.25, 0.3) is 5.56 Å². The quantitative estimate of drug-likeness (QED) is 0.563. The van der Waals surface area contributed by atoms with Crippen molar-refractivity contribution in [2.24, 2.45) is 0 Å². The summed E-state index contributed by atoms with van der Waals surface area (Å²) in [5, 5.41) is 19.1.